The minimum atomic E-state index is -0.990. The Morgan fingerprint density at radius 2 is 1.03 bits per heavy atom. The molecule has 0 bridgehead atoms. The van der Waals surface area contributed by atoms with Crippen molar-refractivity contribution in [3.05, 3.63) is 227 Å². The number of carbonyl (C=O) groups is 1. The quantitative estimate of drug-likeness (QED) is 0.124. The molecule has 4 heterocycles. The Labute approximate surface area is 407 Å². The van der Waals surface area contributed by atoms with Gasteiger partial charge in [-0.1, -0.05) is 107 Å². The Bertz CT molecular complexity index is 3610. The molecule has 0 aliphatic carbocycles. The number of nitrogens with one attached hydrogen (secondary N) is 2. The Morgan fingerprint density at radius 1 is 0.609 bits per heavy atom. The molecule has 8 aromatic rings. The van der Waals surface area contributed by atoms with Crippen LogP contribution >= 0.6 is 46.4 Å². The molecular formula is C46H31Cl4N9O10. The van der Waals surface area contributed by atoms with Gasteiger partial charge in [0.15, 0.2) is 11.5 Å². The van der Waals surface area contributed by atoms with E-state index >= 15 is 0 Å². The number of esters is 1. The highest BCUT2D eigenvalue weighted by Crippen LogP contribution is 2.39. The zero-order valence-corrected chi connectivity index (χ0v) is 38.4. The van der Waals surface area contributed by atoms with E-state index in [0.717, 1.165) is 20.5 Å². The molecular weight excluding hydrogens is 980 g/mol. The number of hydrogen-bond acceptors (Lipinski definition) is 13. The van der Waals surface area contributed by atoms with Gasteiger partial charge in [-0.3, -0.25) is 29.1 Å². The summed E-state index contributed by atoms with van der Waals surface area (Å²) < 4.78 is 21.0. The molecule has 0 radical (unpaired) electrons. The molecule has 0 aliphatic rings. The van der Waals surface area contributed by atoms with Gasteiger partial charge in [0.05, 0.1) is 63.6 Å². The highest BCUT2D eigenvalue weighted by Gasteiger charge is 2.20. The molecule has 0 aliphatic heterocycles. The first-order valence-corrected chi connectivity index (χ1v) is 21.5. The van der Waals surface area contributed by atoms with E-state index in [1.807, 2.05) is 70.6 Å². The van der Waals surface area contributed by atoms with Crippen LogP contribution in [0.2, 0.25) is 20.1 Å². The standard InChI is InChI=1S/C24H18Cl2N4O6.C22H13Cl2N5O4/c1-2-35-23(33)20-22(32)27-24(34)30(28-20)15-10-17(25)21(18(26)11-15)36-16-8-9-19(31)29(13-16)12-14-6-4-3-5-7-14;23-16-8-14(29-22(32)26-21(31)18(10-25)27-29)9-17(24)20(16)33-15-6-7-19(30)28(12-15)11-13-4-2-1-3-5-13/h3-11,13H,2,12H2,1H3,(H,27,32,34);1-9,12H,11H2,(H,26,31,32). The van der Waals surface area contributed by atoms with Crippen LogP contribution in [0.5, 0.6) is 23.0 Å². The van der Waals surface area contributed by atoms with Crippen LogP contribution < -0.4 is 43.1 Å². The van der Waals surface area contributed by atoms with Crippen LogP contribution in [-0.2, 0) is 17.8 Å². The van der Waals surface area contributed by atoms with Crippen molar-refractivity contribution in [2.24, 2.45) is 0 Å². The van der Waals surface area contributed by atoms with Crippen molar-refractivity contribution >= 4 is 52.4 Å². The number of ether oxygens (including phenoxy) is 3. The van der Waals surface area contributed by atoms with Crippen molar-refractivity contribution in [3.8, 4) is 40.4 Å². The van der Waals surface area contributed by atoms with E-state index in [-0.39, 0.29) is 60.7 Å². The van der Waals surface area contributed by atoms with Gasteiger partial charge in [0.25, 0.3) is 22.2 Å². The largest absolute Gasteiger partial charge is 0.461 e. The first kappa shape index (κ1) is 48.6. The summed E-state index contributed by atoms with van der Waals surface area (Å²) >= 11 is 25.4. The summed E-state index contributed by atoms with van der Waals surface area (Å²) in [7, 11) is 0. The van der Waals surface area contributed by atoms with Gasteiger partial charge in [-0.05, 0) is 54.4 Å². The van der Waals surface area contributed by atoms with Crippen LogP contribution in [0, 0.1) is 11.3 Å². The smallest absolute Gasteiger partial charge is 0.364 e. The van der Waals surface area contributed by atoms with E-state index < -0.39 is 39.9 Å². The second-order valence-electron chi connectivity index (χ2n) is 14.2. The van der Waals surface area contributed by atoms with Gasteiger partial charge in [0, 0.05) is 12.1 Å². The number of carbonyl (C=O) groups excluding carboxylic acids is 1. The van der Waals surface area contributed by atoms with E-state index in [1.165, 1.54) is 70.1 Å². The summed E-state index contributed by atoms with van der Waals surface area (Å²) in [5.41, 5.74) is -3.16. The zero-order chi connectivity index (χ0) is 49.4. The maximum Gasteiger partial charge on any atom is 0.364 e. The normalized spacial score (nSPS) is 10.7. The molecule has 0 fully saturated rings. The molecule has 348 valence electrons. The number of rotatable bonds is 12. The lowest BCUT2D eigenvalue weighted by atomic mass is 10.2. The predicted octanol–water partition coefficient (Wildman–Crippen LogP) is 6.51. The Hall–Kier alpha value is -8.28. The fourth-order valence-corrected chi connectivity index (χ4v) is 7.38. The number of nitriles is 1. The average Bonchev–Trinajstić information content (AvgIpc) is 3.32. The monoisotopic (exact) mass is 1010 g/mol. The summed E-state index contributed by atoms with van der Waals surface area (Å²) in [5.74, 6) is -0.227. The minimum Gasteiger partial charge on any atom is -0.461 e. The lowest BCUT2D eigenvalue weighted by Gasteiger charge is -2.14. The topological polar surface area (TPSA) is 248 Å². The second kappa shape index (κ2) is 21.6. The van der Waals surface area contributed by atoms with E-state index in [1.54, 1.807) is 13.0 Å². The number of aromatic amines is 2. The van der Waals surface area contributed by atoms with Crippen LogP contribution in [0.3, 0.4) is 0 Å². The van der Waals surface area contributed by atoms with Gasteiger partial charge in [-0.15, -0.1) is 5.10 Å². The summed E-state index contributed by atoms with van der Waals surface area (Å²) in [6, 6.07) is 31.5. The molecule has 0 spiro atoms. The second-order valence-corrected chi connectivity index (χ2v) is 15.8. The summed E-state index contributed by atoms with van der Waals surface area (Å²) in [6.07, 6.45) is 3.05. The van der Waals surface area contributed by atoms with Gasteiger partial charge >= 0.3 is 17.3 Å². The number of halogens is 4. The van der Waals surface area contributed by atoms with Gasteiger partial charge in [0.2, 0.25) is 11.4 Å². The summed E-state index contributed by atoms with van der Waals surface area (Å²) in [5, 5.41) is 16.6. The Morgan fingerprint density at radius 3 is 1.45 bits per heavy atom. The fourth-order valence-electron chi connectivity index (χ4n) is 6.27. The van der Waals surface area contributed by atoms with Crippen molar-refractivity contribution in [2.45, 2.75) is 20.0 Å². The molecule has 0 unspecified atom stereocenters. The molecule has 8 rings (SSSR count). The van der Waals surface area contributed by atoms with Crippen molar-refractivity contribution in [3.63, 3.8) is 0 Å². The number of nitrogens with zero attached hydrogens (tertiary/aromatic N) is 7. The highest BCUT2D eigenvalue weighted by atomic mass is 35.5. The lowest BCUT2D eigenvalue weighted by molar-refractivity contribution is 0.0514. The number of aromatic nitrogens is 8. The van der Waals surface area contributed by atoms with Gasteiger partial charge in [0.1, 0.15) is 17.6 Å². The Kier molecular flexibility index (Phi) is 15.2. The number of hydrogen-bond donors (Lipinski definition) is 2. The van der Waals surface area contributed by atoms with E-state index in [0.29, 0.717) is 24.6 Å². The molecule has 4 aromatic heterocycles. The molecule has 2 N–H and O–H groups in total. The van der Waals surface area contributed by atoms with Crippen molar-refractivity contribution in [1.29, 1.82) is 5.26 Å². The first-order valence-electron chi connectivity index (χ1n) is 20.0. The van der Waals surface area contributed by atoms with Gasteiger partial charge < -0.3 is 23.3 Å². The van der Waals surface area contributed by atoms with Crippen molar-refractivity contribution in [1.82, 2.24) is 38.7 Å². The van der Waals surface area contributed by atoms with Crippen LogP contribution in [-0.4, -0.2) is 51.2 Å². The summed E-state index contributed by atoms with van der Waals surface area (Å²) in [4.78, 5) is 88.5. The SMILES string of the molecule is CCOC(=O)c1nn(-c2cc(Cl)c(Oc3ccc(=O)n(Cc4ccccc4)c3)c(Cl)c2)c(=O)[nH]c1=O.N#Cc1nn(-c2cc(Cl)c(Oc3ccc(=O)n(Cc4ccccc4)c3)c(Cl)c2)c(=O)[nH]c1=O. The molecule has 0 amide bonds. The van der Waals surface area contributed by atoms with Crippen molar-refractivity contribution < 1.29 is 19.0 Å². The van der Waals surface area contributed by atoms with Gasteiger partial charge in [-0.2, -0.15) is 19.7 Å². The molecule has 4 aromatic carbocycles. The third-order valence-electron chi connectivity index (χ3n) is 9.43. The fraction of sp³-hybridized carbons (Fsp3) is 0.0870. The van der Waals surface area contributed by atoms with Gasteiger partial charge in [-0.25, -0.2) is 14.4 Å². The van der Waals surface area contributed by atoms with Crippen LogP contribution in [0.4, 0.5) is 0 Å². The van der Waals surface area contributed by atoms with E-state index in [2.05, 4.69) is 10.2 Å². The maximum absolute atomic E-state index is 12.3. The molecule has 19 nitrogen and oxygen atoms in total. The molecule has 0 saturated carbocycles. The zero-order valence-electron chi connectivity index (χ0n) is 35.4. The number of benzene rings is 4. The summed E-state index contributed by atoms with van der Waals surface area (Å²) in [6.45, 7) is 2.26. The van der Waals surface area contributed by atoms with Crippen LogP contribution in [0.25, 0.3) is 11.4 Å². The molecule has 0 atom stereocenters. The van der Waals surface area contributed by atoms with Crippen LogP contribution in [0.15, 0.2) is 150 Å². The molecule has 23 heteroatoms. The first-order chi connectivity index (χ1) is 33.1. The van der Waals surface area contributed by atoms with E-state index in [4.69, 9.17) is 65.9 Å². The van der Waals surface area contributed by atoms with Crippen LogP contribution in [0.1, 0.15) is 34.2 Å². The molecule has 69 heavy (non-hydrogen) atoms. The minimum absolute atomic E-state index is 0.0101. The number of H-pyrrole nitrogens is 2. The van der Waals surface area contributed by atoms with Crippen molar-refractivity contribution in [2.75, 3.05) is 6.61 Å². The number of pyridine rings is 2. The van der Waals surface area contributed by atoms with E-state index in [9.17, 15) is 33.6 Å². The third kappa shape index (κ3) is 11.6. The predicted molar refractivity (Wildman–Crippen MR) is 254 cm³/mol. The Balaban J connectivity index is 0.000000205. The molecule has 0 saturated heterocycles. The highest BCUT2D eigenvalue weighted by molar-refractivity contribution is 6.38. The average molecular weight is 1010 g/mol. The lowest BCUT2D eigenvalue weighted by Crippen LogP contribution is -2.36. The third-order valence-corrected chi connectivity index (χ3v) is 10.6. The maximum atomic E-state index is 12.3.